The molecule has 6 nitrogen and oxygen atoms in total. The van der Waals surface area contributed by atoms with E-state index in [-0.39, 0.29) is 11.9 Å². The summed E-state index contributed by atoms with van der Waals surface area (Å²) < 4.78 is 14.2. The third-order valence-electron chi connectivity index (χ3n) is 6.12. The standard InChI is InChI=1S/C28H32BrN3O3Si/c1-34-28(33)21-10-13-26-25(17-21)31-27(32(26)19-35-14-15-36(2,3)4)23(16-20-8-6-5-7-9-20)24-12-11-22(29)18-30-24/h5-13,17-18,23H,14-16,19H2,1-4H3. The zero-order valence-corrected chi connectivity index (χ0v) is 23.8. The summed E-state index contributed by atoms with van der Waals surface area (Å²) >= 11 is 3.50. The first-order valence-electron chi connectivity index (χ1n) is 12.1. The van der Waals surface area contributed by atoms with Crippen LogP contribution in [-0.2, 0) is 22.6 Å². The number of aromatic nitrogens is 3. The number of carbonyl (C=O) groups excluding carboxylic acids is 1. The summed E-state index contributed by atoms with van der Waals surface area (Å²) in [6, 6.07) is 21.0. The number of nitrogens with zero attached hydrogens (tertiary/aromatic N) is 3. The molecule has 0 amide bonds. The summed E-state index contributed by atoms with van der Waals surface area (Å²) in [5, 5.41) is 0. The first-order chi connectivity index (χ1) is 17.2. The maximum absolute atomic E-state index is 12.2. The van der Waals surface area contributed by atoms with E-state index in [0.717, 1.165) is 39.5 Å². The van der Waals surface area contributed by atoms with Crippen LogP contribution in [0.25, 0.3) is 11.0 Å². The molecular formula is C28H32BrN3O3Si. The minimum Gasteiger partial charge on any atom is -0.465 e. The molecule has 2 heterocycles. The van der Waals surface area contributed by atoms with Crippen LogP contribution >= 0.6 is 15.9 Å². The van der Waals surface area contributed by atoms with Crippen molar-refractivity contribution in [2.75, 3.05) is 13.7 Å². The van der Waals surface area contributed by atoms with Crippen LogP contribution in [0.5, 0.6) is 0 Å². The summed E-state index contributed by atoms with van der Waals surface area (Å²) in [7, 11) is 0.170. The smallest absolute Gasteiger partial charge is 0.337 e. The molecule has 0 radical (unpaired) electrons. The van der Waals surface area contributed by atoms with Crippen molar-refractivity contribution in [3.63, 3.8) is 0 Å². The Bertz CT molecular complexity index is 1320. The average Bonchev–Trinajstić information content (AvgIpc) is 3.22. The van der Waals surface area contributed by atoms with Crippen molar-refractivity contribution in [2.45, 2.75) is 44.8 Å². The number of benzene rings is 2. The molecule has 0 aliphatic heterocycles. The van der Waals surface area contributed by atoms with Crippen LogP contribution in [0, 0.1) is 0 Å². The highest BCUT2D eigenvalue weighted by Crippen LogP contribution is 2.31. The summed E-state index contributed by atoms with van der Waals surface area (Å²) in [6.07, 6.45) is 2.55. The van der Waals surface area contributed by atoms with Crippen LogP contribution < -0.4 is 0 Å². The van der Waals surface area contributed by atoms with Crippen LogP contribution in [-0.4, -0.2) is 42.3 Å². The third kappa shape index (κ3) is 6.49. The number of pyridine rings is 1. The number of imidazole rings is 1. The van der Waals surface area contributed by atoms with E-state index in [1.807, 2.05) is 42.6 Å². The van der Waals surface area contributed by atoms with Gasteiger partial charge in [0.05, 0.1) is 35.3 Å². The molecule has 2 aromatic carbocycles. The Morgan fingerprint density at radius 2 is 1.86 bits per heavy atom. The van der Waals surface area contributed by atoms with E-state index < -0.39 is 8.07 Å². The molecule has 4 aromatic rings. The second-order valence-corrected chi connectivity index (χ2v) is 16.6. The van der Waals surface area contributed by atoms with E-state index in [0.29, 0.717) is 18.9 Å². The van der Waals surface area contributed by atoms with Gasteiger partial charge in [-0.1, -0.05) is 50.0 Å². The molecule has 0 spiro atoms. The molecule has 4 rings (SSSR count). The Labute approximate surface area is 221 Å². The lowest BCUT2D eigenvalue weighted by Crippen LogP contribution is -2.22. The number of hydrogen-bond acceptors (Lipinski definition) is 5. The number of hydrogen-bond donors (Lipinski definition) is 0. The number of fused-ring (bicyclic) bond motifs is 1. The van der Waals surface area contributed by atoms with Crippen LogP contribution in [0.2, 0.25) is 25.7 Å². The zero-order chi connectivity index (χ0) is 25.7. The SMILES string of the molecule is COC(=O)c1ccc2c(c1)nc(C(Cc1ccccc1)c1ccc(Br)cn1)n2COCC[Si](C)(C)C. The predicted octanol–water partition coefficient (Wildman–Crippen LogP) is 6.67. The summed E-state index contributed by atoms with van der Waals surface area (Å²) in [4.78, 5) is 22.0. The molecule has 0 aliphatic rings. The van der Waals surface area contributed by atoms with Crippen molar-refractivity contribution in [3.8, 4) is 0 Å². The average molecular weight is 567 g/mol. The van der Waals surface area contributed by atoms with E-state index >= 15 is 0 Å². The topological polar surface area (TPSA) is 66.2 Å². The minimum absolute atomic E-state index is 0.102. The molecule has 36 heavy (non-hydrogen) atoms. The Morgan fingerprint density at radius 1 is 1.08 bits per heavy atom. The Balaban J connectivity index is 1.79. The van der Waals surface area contributed by atoms with Gasteiger partial charge in [-0.25, -0.2) is 9.78 Å². The molecule has 0 bridgehead atoms. The van der Waals surface area contributed by atoms with Gasteiger partial charge in [0.15, 0.2) is 0 Å². The maximum Gasteiger partial charge on any atom is 0.337 e. The highest BCUT2D eigenvalue weighted by Gasteiger charge is 2.25. The van der Waals surface area contributed by atoms with Crippen LogP contribution in [0.1, 0.15) is 33.4 Å². The van der Waals surface area contributed by atoms with Crippen molar-refractivity contribution in [1.29, 1.82) is 0 Å². The van der Waals surface area contributed by atoms with Gasteiger partial charge >= 0.3 is 5.97 Å². The van der Waals surface area contributed by atoms with Crippen LogP contribution in [0.4, 0.5) is 0 Å². The molecule has 1 unspecified atom stereocenters. The normalized spacial score (nSPS) is 12.6. The number of rotatable bonds is 10. The van der Waals surface area contributed by atoms with Gasteiger partial charge in [0.25, 0.3) is 0 Å². The molecule has 2 aromatic heterocycles. The molecule has 0 saturated heterocycles. The second kappa shape index (κ2) is 11.5. The lowest BCUT2D eigenvalue weighted by atomic mass is 9.94. The monoisotopic (exact) mass is 565 g/mol. The molecule has 0 saturated carbocycles. The molecular weight excluding hydrogens is 534 g/mol. The highest BCUT2D eigenvalue weighted by molar-refractivity contribution is 9.10. The second-order valence-electron chi connectivity index (χ2n) is 10.1. The Hall–Kier alpha value is -2.81. The van der Waals surface area contributed by atoms with E-state index in [2.05, 4.69) is 52.3 Å². The molecule has 0 fully saturated rings. The third-order valence-corrected chi connectivity index (χ3v) is 8.29. The Kier molecular flexibility index (Phi) is 8.38. The molecule has 8 heteroatoms. The van der Waals surface area contributed by atoms with Crippen molar-refractivity contribution in [1.82, 2.24) is 14.5 Å². The largest absolute Gasteiger partial charge is 0.465 e. The van der Waals surface area contributed by atoms with E-state index in [4.69, 9.17) is 19.4 Å². The highest BCUT2D eigenvalue weighted by atomic mass is 79.9. The van der Waals surface area contributed by atoms with Gasteiger partial charge in [-0.15, -0.1) is 0 Å². The fraction of sp³-hybridized carbons (Fsp3) is 0.321. The van der Waals surface area contributed by atoms with E-state index in [1.54, 1.807) is 12.1 Å². The minimum atomic E-state index is -1.22. The molecule has 0 aliphatic carbocycles. The Morgan fingerprint density at radius 3 is 2.53 bits per heavy atom. The van der Waals surface area contributed by atoms with E-state index in [9.17, 15) is 4.79 Å². The first kappa shape index (κ1) is 26.3. The summed E-state index contributed by atoms with van der Waals surface area (Å²) in [5.74, 6) is 0.378. The number of ether oxygens (including phenoxy) is 2. The van der Waals surface area contributed by atoms with Gasteiger partial charge in [-0.3, -0.25) is 4.98 Å². The maximum atomic E-state index is 12.2. The van der Waals surface area contributed by atoms with Gasteiger partial charge in [0.1, 0.15) is 12.6 Å². The fourth-order valence-corrected chi connectivity index (χ4v) is 5.09. The first-order valence-corrected chi connectivity index (χ1v) is 16.6. The number of halogens is 1. The van der Waals surface area contributed by atoms with Gasteiger partial charge in [0, 0.05) is 25.4 Å². The van der Waals surface area contributed by atoms with Gasteiger partial charge in [0.2, 0.25) is 0 Å². The van der Waals surface area contributed by atoms with Crippen molar-refractivity contribution in [2.24, 2.45) is 0 Å². The molecule has 1 atom stereocenters. The lowest BCUT2D eigenvalue weighted by Gasteiger charge is -2.20. The van der Waals surface area contributed by atoms with Gasteiger partial charge < -0.3 is 14.0 Å². The molecule has 188 valence electrons. The lowest BCUT2D eigenvalue weighted by molar-refractivity contribution is 0.0601. The van der Waals surface area contributed by atoms with Crippen LogP contribution in [0.3, 0.4) is 0 Å². The van der Waals surface area contributed by atoms with Crippen LogP contribution in [0.15, 0.2) is 71.3 Å². The van der Waals surface area contributed by atoms with E-state index in [1.165, 1.54) is 12.7 Å². The molecule has 0 N–H and O–H groups in total. The number of carbonyl (C=O) groups is 1. The predicted molar refractivity (Wildman–Crippen MR) is 149 cm³/mol. The quantitative estimate of drug-likeness (QED) is 0.122. The van der Waals surface area contributed by atoms with Crippen molar-refractivity contribution >= 4 is 41.0 Å². The summed E-state index contributed by atoms with van der Waals surface area (Å²) in [6.45, 7) is 8.12. The van der Waals surface area contributed by atoms with Crippen molar-refractivity contribution in [3.05, 3.63) is 94.0 Å². The number of esters is 1. The van der Waals surface area contributed by atoms with Crippen molar-refractivity contribution < 1.29 is 14.3 Å². The van der Waals surface area contributed by atoms with Gasteiger partial charge in [-0.2, -0.15) is 0 Å². The fourth-order valence-electron chi connectivity index (χ4n) is 4.10. The summed E-state index contributed by atoms with van der Waals surface area (Å²) in [5.41, 5.74) is 4.24. The zero-order valence-electron chi connectivity index (χ0n) is 21.2. The van der Waals surface area contributed by atoms with Gasteiger partial charge in [-0.05, 0) is 64.3 Å². The number of methoxy groups -OCH3 is 1.